The van der Waals surface area contributed by atoms with Gasteiger partial charge in [0.25, 0.3) is 5.91 Å². The number of benzene rings is 1. The number of pyridine rings is 1. The van der Waals surface area contributed by atoms with Gasteiger partial charge in [-0.2, -0.15) is 0 Å². The second-order valence-electron chi connectivity index (χ2n) is 4.50. The zero-order valence-corrected chi connectivity index (χ0v) is 11.7. The summed E-state index contributed by atoms with van der Waals surface area (Å²) in [6.07, 6.45) is 2.59. The molecule has 104 valence electrons. The number of carbonyl (C=O) groups is 1. The number of aromatic nitrogens is 1. The molecule has 20 heavy (non-hydrogen) atoms. The quantitative estimate of drug-likeness (QED) is 0.905. The summed E-state index contributed by atoms with van der Waals surface area (Å²) in [5, 5.41) is 2.80. The lowest BCUT2D eigenvalue weighted by Gasteiger charge is -2.09. The molecule has 1 aromatic carbocycles. The number of anilines is 1. The fourth-order valence-electron chi connectivity index (χ4n) is 1.74. The van der Waals surface area contributed by atoms with Gasteiger partial charge in [-0.3, -0.25) is 4.79 Å². The molecule has 0 saturated heterocycles. The van der Waals surface area contributed by atoms with E-state index in [9.17, 15) is 4.79 Å². The van der Waals surface area contributed by atoms with Gasteiger partial charge in [0, 0.05) is 11.8 Å². The third-order valence-electron chi connectivity index (χ3n) is 2.81. The number of amides is 1. The number of ether oxygens (including phenoxy) is 1. The minimum Gasteiger partial charge on any atom is -0.494 e. The van der Waals surface area contributed by atoms with Gasteiger partial charge >= 0.3 is 0 Å². The molecule has 0 fully saturated rings. The predicted octanol–water partition coefficient (Wildman–Crippen LogP) is 3.43. The van der Waals surface area contributed by atoms with E-state index in [0.29, 0.717) is 23.7 Å². The fraction of sp³-hybridized carbons (Fsp3) is 0.250. The summed E-state index contributed by atoms with van der Waals surface area (Å²) in [7, 11) is 0. The molecule has 1 N–H and O–H groups in total. The number of rotatable bonds is 5. The lowest BCUT2D eigenvalue weighted by molar-refractivity contribution is 0.102. The summed E-state index contributed by atoms with van der Waals surface area (Å²) in [6.45, 7) is 4.59. The Morgan fingerprint density at radius 2 is 2.15 bits per heavy atom. The summed E-state index contributed by atoms with van der Waals surface area (Å²) in [4.78, 5) is 16.3. The zero-order valence-electron chi connectivity index (χ0n) is 11.7. The van der Waals surface area contributed by atoms with Crippen molar-refractivity contribution in [2.75, 3.05) is 11.9 Å². The lowest BCUT2D eigenvalue weighted by atomic mass is 10.2. The monoisotopic (exact) mass is 270 g/mol. The topological polar surface area (TPSA) is 51.2 Å². The lowest BCUT2D eigenvalue weighted by Crippen LogP contribution is -2.14. The minimum absolute atomic E-state index is 0.186. The second kappa shape index (κ2) is 6.70. The van der Waals surface area contributed by atoms with Crippen LogP contribution in [0, 0.1) is 6.92 Å². The molecule has 2 rings (SSSR count). The average molecular weight is 270 g/mol. The van der Waals surface area contributed by atoms with Crippen molar-refractivity contribution in [2.45, 2.75) is 20.3 Å². The first-order valence-corrected chi connectivity index (χ1v) is 6.66. The third-order valence-corrected chi connectivity index (χ3v) is 2.81. The van der Waals surface area contributed by atoms with Crippen molar-refractivity contribution in [3.05, 3.63) is 53.7 Å². The Morgan fingerprint density at radius 3 is 2.90 bits per heavy atom. The largest absolute Gasteiger partial charge is 0.494 e. The number of hydrogen-bond donors (Lipinski definition) is 1. The molecular formula is C16H18N2O2. The van der Waals surface area contributed by atoms with Crippen LogP contribution in [-0.2, 0) is 0 Å². The van der Waals surface area contributed by atoms with Gasteiger partial charge in [-0.25, -0.2) is 4.98 Å². The molecule has 0 aliphatic carbocycles. The summed E-state index contributed by atoms with van der Waals surface area (Å²) in [6, 6.07) is 10.9. The van der Waals surface area contributed by atoms with Crippen LogP contribution in [0.5, 0.6) is 5.75 Å². The fourth-order valence-corrected chi connectivity index (χ4v) is 1.74. The molecule has 0 saturated carbocycles. The van der Waals surface area contributed by atoms with Crippen molar-refractivity contribution in [1.82, 2.24) is 4.98 Å². The van der Waals surface area contributed by atoms with Crippen LogP contribution >= 0.6 is 0 Å². The van der Waals surface area contributed by atoms with Crippen molar-refractivity contribution in [1.29, 1.82) is 0 Å². The third kappa shape index (κ3) is 3.57. The highest BCUT2D eigenvalue weighted by Crippen LogP contribution is 2.16. The van der Waals surface area contributed by atoms with Crippen molar-refractivity contribution < 1.29 is 9.53 Å². The number of aryl methyl sites for hydroxylation is 1. The zero-order chi connectivity index (χ0) is 14.4. The van der Waals surface area contributed by atoms with E-state index in [2.05, 4.69) is 10.3 Å². The van der Waals surface area contributed by atoms with E-state index in [1.165, 1.54) is 0 Å². The number of nitrogens with one attached hydrogen (secondary N) is 1. The molecule has 4 nitrogen and oxygen atoms in total. The van der Waals surface area contributed by atoms with Crippen molar-refractivity contribution in [2.24, 2.45) is 0 Å². The van der Waals surface area contributed by atoms with Gasteiger partial charge in [-0.1, -0.05) is 19.1 Å². The van der Waals surface area contributed by atoms with Crippen molar-refractivity contribution in [3.8, 4) is 5.75 Å². The summed E-state index contributed by atoms with van der Waals surface area (Å²) in [5.74, 6) is 1.10. The van der Waals surface area contributed by atoms with E-state index in [1.807, 2.05) is 38.1 Å². The van der Waals surface area contributed by atoms with E-state index < -0.39 is 0 Å². The number of carbonyl (C=O) groups excluding carboxylic acids is 1. The van der Waals surface area contributed by atoms with E-state index >= 15 is 0 Å². The first-order valence-electron chi connectivity index (χ1n) is 6.66. The highest BCUT2D eigenvalue weighted by atomic mass is 16.5. The van der Waals surface area contributed by atoms with E-state index in [-0.39, 0.29) is 5.91 Å². The molecule has 1 heterocycles. The van der Waals surface area contributed by atoms with Crippen LogP contribution in [-0.4, -0.2) is 17.5 Å². The number of hydrogen-bond acceptors (Lipinski definition) is 3. The predicted molar refractivity (Wildman–Crippen MR) is 79.2 cm³/mol. The van der Waals surface area contributed by atoms with E-state index in [4.69, 9.17) is 4.74 Å². The standard InChI is InChI=1S/C16H18N2O2/c1-3-10-20-14-8-4-7-13(11-14)16(19)18-15-12(2)6-5-9-17-15/h4-9,11H,3,10H2,1-2H3,(H,17,18,19). The Morgan fingerprint density at radius 1 is 1.30 bits per heavy atom. The molecule has 0 bridgehead atoms. The highest BCUT2D eigenvalue weighted by molar-refractivity contribution is 6.04. The van der Waals surface area contributed by atoms with Crippen molar-refractivity contribution in [3.63, 3.8) is 0 Å². The van der Waals surface area contributed by atoms with Gasteiger partial charge in [0.15, 0.2) is 0 Å². The molecule has 0 aliphatic rings. The van der Waals surface area contributed by atoms with Crippen LogP contribution in [0.4, 0.5) is 5.82 Å². The molecule has 0 radical (unpaired) electrons. The molecule has 2 aromatic rings. The molecule has 0 spiro atoms. The van der Waals surface area contributed by atoms with Gasteiger partial charge in [0.2, 0.25) is 0 Å². The van der Waals surface area contributed by atoms with Crippen LogP contribution in [0.1, 0.15) is 29.3 Å². The molecule has 0 unspecified atom stereocenters. The molecule has 1 aromatic heterocycles. The Labute approximate surface area is 118 Å². The van der Waals surface area contributed by atoms with Gasteiger partial charge in [-0.05, 0) is 43.2 Å². The first-order chi connectivity index (χ1) is 9.70. The number of nitrogens with zero attached hydrogens (tertiary/aromatic N) is 1. The summed E-state index contributed by atoms with van der Waals surface area (Å²) in [5.41, 5.74) is 1.49. The Bertz CT molecular complexity index is 597. The minimum atomic E-state index is -0.186. The van der Waals surface area contributed by atoms with Gasteiger partial charge in [-0.15, -0.1) is 0 Å². The maximum atomic E-state index is 12.2. The van der Waals surface area contributed by atoms with Crippen molar-refractivity contribution >= 4 is 11.7 Å². The van der Waals surface area contributed by atoms with Gasteiger partial charge in [0.1, 0.15) is 11.6 Å². The van der Waals surface area contributed by atoms with Crippen LogP contribution in [0.2, 0.25) is 0 Å². The summed E-state index contributed by atoms with van der Waals surface area (Å²) < 4.78 is 5.52. The molecule has 0 aliphatic heterocycles. The Balaban J connectivity index is 2.11. The van der Waals surface area contributed by atoms with E-state index in [0.717, 1.165) is 12.0 Å². The Hall–Kier alpha value is -2.36. The smallest absolute Gasteiger partial charge is 0.256 e. The molecule has 1 amide bonds. The summed E-state index contributed by atoms with van der Waals surface area (Å²) >= 11 is 0. The molecule has 4 heteroatoms. The van der Waals surface area contributed by atoms with E-state index in [1.54, 1.807) is 18.3 Å². The molecular weight excluding hydrogens is 252 g/mol. The SMILES string of the molecule is CCCOc1cccc(C(=O)Nc2ncccc2C)c1. The van der Waals surface area contributed by atoms with Crippen LogP contribution in [0.15, 0.2) is 42.6 Å². The van der Waals surface area contributed by atoms with Gasteiger partial charge in [0.05, 0.1) is 6.61 Å². The van der Waals surface area contributed by atoms with Crippen LogP contribution in [0.25, 0.3) is 0 Å². The maximum absolute atomic E-state index is 12.2. The van der Waals surface area contributed by atoms with Crippen LogP contribution < -0.4 is 10.1 Å². The second-order valence-corrected chi connectivity index (χ2v) is 4.50. The highest BCUT2D eigenvalue weighted by Gasteiger charge is 2.09. The average Bonchev–Trinajstić information content (AvgIpc) is 2.48. The normalized spacial score (nSPS) is 10.1. The van der Waals surface area contributed by atoms with Crippen LogP contribution in [0.3, 0.4) is 0 Å². The van der Waals surface area contributed by atoms with Gasteiger partial charge < -0.3 is 10.1 Å². The maximum Gasteiger partial charge on any atom is 0.256 e. The molecule has 0 atom stereocenters. The first kappa shape index (κ1) is 14.1. The Kier molecular flexibility index (Phi) is 4.71.